The fourth-order valence-electron chi connectivity index (χ4n) is 2.01. The molecule has 0 aromatic carbocycles. The lowest BCUT2D eigenvalue weighted by atomic mass is 9.78. The summed E-state index contributed by atoms with van der Waals surface area (Å²) in [6.07, 6.45) is -4.73. The summed E-state index contributed by atoms with van der Waals surface area (Å²) in [5.74, 6) is -4.38. The van der Waals surface area contributed by atoms with Crippen molar-refractivity contribution in [3.8, 4) is 0 Å². The first-order valence-corrected chi connectivity index (χ1v) is 3.75. The highest BCUT2D eigenvalue weighted by Crippen LogP contribution is 2.73. The third-order valence-electron chi connectivity index (χ3n) is 2.67. The van der Waals surface area contributed by atoms with Crippen molar-refractivity contribution in [3.05, 3.63) is 0 Å². The van der Waals surface area contributed by atoms with Crippen molar-refractivity contribution in [1.82, 2.24) is 0 Å². The summed E-state index contributed by atoms with van der Waals surface area (Å²) in [6, 6.07) is 0. The second-order valence-electron chi connectivity index (χ2n) is 3.99. The number of hydrogen-bond donors (Lipinski definition) is 0. The predicted molar refractivity (Wildman–Crippen MR) is 36.2 cm³/mol. The third-order valence-corrected chi connectivity index (χ3v) is 2.67. The van der Waals surface area contributed by atoms with Crippen LogP contribution in [0.15, 0.2) is 0 Å². The largest absolute Gasteiger partial charge is 0.482 e. The van der Waals surface area contributed by atoms with E-state index >= 15 is 0 Å². The van der Waals surface area contributed by atoms with Gasteiger partial charge in [-0.25, -0.2) is 0 Å². The van der Waals surface area contributed by atoms with Gasteiger partial charge in [0.1, 0.15) is 0 Å². The molecule has 2 atom stereocenters. The molecule has 0 aliphatic heterocycles. The average molecular weight is 205 g/mol. The molecule has 13 heavy (non-hydrogen) atoms. The Bertz CT molecular complexity index is 192. The summed E-state index contributed by atoms with van der Waals surface area (Å²) in [5, 5.41) is 0. The van der Waals surface area contributed by atoms with E-state index in [9.17, 15) is 26.1 Å². The van der Waals surface area contributed by atoms with Crippen molar-refractivity contribution in [1.29, 1.82) is 0 Å². The van der Waals surface area contributed by atoms with Gasteiger partial charge in [0.05, 0.1) is 0 Å². The summed E-state index contributed by atoms with van der Waals surface area (Å²) in [5.41, 5.74) is -1.67. The van der Waals surface area contributed by atoms with Crippen LogP contribution in [-0.2, 0) is 0 Å². The molecule has 0 spiro atoms. The molecule has 0 aromatic heterocycles. The standard InChI is InChI=1S/C6H8BF6/c1-5(2)3(6(8,9)10)4(5)7(11,12)13/h3-4H,1-2H3/q-1/t3-,4-/m1/s1. The van der Waals surface area contributed by atoms with Crippen LogP contribution in [0.5, 0.6) is 0 Å². The molecule has 0 aromatic rings. The Morgan fingerprint density at radius 3 is 1.54 bits per heavy atom. The number of halogens is 6. The van der Waals surface area contributed by atoms with Crippen LogP contribution in [0.2, 0.25) is 5.82 Å². The van der Waals surface area contributed by atoms with E-state index in [4.69, 9.17) is 0 Å². The van der Waals surface area contributed by atoms with E-state index < -0.39 is 30.3 Å². The second kappa shape index (κ2) is 2.36. The molecule has 1 aliphatic carbocycles. The summed E-state index contributed by atoms with van der Waals surface area (Å²) < 4.78 is 72.3. The van der Waals surface area contributed by atoms with Crippen molar-refractivity contribution < 1.29 is 26.1 Å². The Hall–Kier alpha value is -0.355. The highest BCUT2D eigenvalue weighted by atomic mass is 19.4. The van der Waals surface area contributed by atoms with Gasteiger partial charge in [-0.15, -0.1) is 0 Å². The van der Waals surface area contributed by atoms with Crippen molar-refractivity contribution in [2.75, 3.05) is 0 Å². The molecule has 1 fully saturated rings. The average Bonchev–Trinajstić information content (AvgIpc) is 2.29. The molecular formula is C6H8BF6-. The minimum atomic E-state index is -5.38. The third kappa shape index (κ3) is 1.65. The van der Waals surface area contributed by atoms with Crippen LogP contribution in [0, 0.1) is 11.3 Å². The molecule has 0 heterocycles. The zero-order chi connectivity index (χ0) is 10.7. The number of rotatable bonds is 1. The SMILES string of the molecule is CC1(C)[C@H]([B-](F)(F)F)[C@H]1C(F)(F)F. The van der Waals surface area contributed by atoms with Gasteiger partial charge in [-0.3, -0.25) is 0 Å². The van der Waals surface area contributed by atoms with Crippen LogP contribution in [0.4, 0.5) is 26.1 Å². The van der Waals surface area contributed by atoms with E-state index in [1.165, 1.54) is 0 Å². The van der Waals surface area contributed by atoms with Gasteiger partial charge < -0.3 is 12.9 Å². The van der Waals surface area contributed by atoms with E-state index in [1.807, 2.05) is 0 Å². The Balaban J connectivity index is 2.85. The van der Waals surface area contributed by atoms with Crippen LogP contribution in [0.3, 0.4) is 0 Å². The van der Waals surface area contributed by atoms with E-state index in [2.05, 4.69) is 0 Å². The predicted octanol–water partition coefficient (Wildman–Crippen LogP) is 3.42. The zero-order valence-corrected chi connectivity index (χ0v) is 7.00. The van der Waals surface area contributed by atoms with Crippen molar-refractivity contribution in [2.24, 2.45) is 11.3 Å². The van der Waals surface area contributed by atoms with Crippen molar-refractivity contribution in [3.63, 3.8) is 0 Å². The molecule has 0 bridgehead atoms. The van der Waals surface area contributed by atoms with Gasteiger partial charge in [-0.05, 0) is 5.41 Å². The molecule has 0 nitrogen and oxygen atoms in total. The molecule has 1 saturated carbocycles. The molecule has 0 N–H and O–H groups in total. The molecule has 1 rings (SSSR count). The minimum absolute atomic E-state index is 1.01. The van der Waals surface area contributed by atoms with Crippen molar-refractivity contribution >= 4 is 6.98 Å². The van der Waals surface area contributed by atoms with Crippen LogP contribution in [0.1, 0.15) is 13.8 Å². The lowest BCUT2D eigenvalue weighted by Crippen LogP contribution is -2.21. The number of alkyl halides is 3. The van der Waals surface area contributed by atoms with Gasteiger partial charge in [0.15, 0.2) is 0 Å². The molecule has 0 unspecified atom stereocenters. The highest BCUT2D eigenvalue weighted by Gasteiger charge is 2.74. The first-order valence-electron chi connectivity index (χ1n) is 3.75. The summed E-state index contributed by atoms with van der Waals surface area (Å²) in [6.45, 7) is -3.37. The van der Waals surface area contributed by atoms with Gasteiger partial charge in [-0.1, -0.05) is 19.7 Å². The summed E-state index contributed by atoms with van der Waals surface area (Å²) in [4.78, 5) is 0. The van der Waals surface area contributed by atoms with E-state index in [1.54, 1.807) is 0 Å². The maximum Gasteiger partial charge on any atom is 0.482 e. The number of hydrogen-bond acceptors (Lipinski definition) is 0. The fourth-order valence-corrected chi connectivity index (χ4v) is 2.01. The minimum Gasteiger partial charge on any atom is -0.449 e. The lowest BCUT2D eigenvalue weighted by molar-refractivity contribution is -0.155. The Morgan fingerprint density at radius 1 is 1.08 bits per heavy atom. The second-order valence-corrected chi connectivity index (χ2v) is 3.99. The van der Waals surface area contributed by atoms with Gasteiger partial charge in [0, 0.05) is 5.92 Å². The topological polar surface area (TPSA) is 0 Å². The van der Waals surface area contributed by atoms with Gasteiger partial charge in [0.25, 0.3) is 0 Å². The van der Waals surface area contributed by atoms with Gasteiger partial charge >= 0.3 is 13.2 Å². The molecule has 78 valence electrons. The maximum atomic E-state index is 12.1. The molecule has 7 heteroatoms. The molecular weight excluding hydrogens is 197 g/mol. The van der Waals surface area contributed by atoms with Crippen LogP contribution >= 0.6 is 0 Å². The van der Waals surface area contributed by atoms with Crippen LogP contribution in [0.25, 0.3) is 0 Å². The van der Waals surface area contributed by atoms with Crippen LogP contribution in [-0.4, -0.2) is 13.2 Å². The summed E-state index contributed by atoms with van der Waals surface area (Å²) in [7, 11) is 0. The van der Waals surface area contributed by atoms with Crippen molar-refractivity contribution in [2.45, 2.75) is 25.8 Å². The molecule has 0 amide bonds. The van der Waals surface area contributed by atoms with Gasteiger partial charge in [0.2, 0.25) is 0 Å². The summed E-state index contributed by atoms with van der Waals surface area (Å²) >= 11 is 0. The Labute approximate surface area is 71.4 Å². The van der Waals surface area contributed by atoms with E-state index in [0.29, 0.717) is 0 Å². The normalized spacial score (nSPS) is 33.2. The molecule has 1 aliphatic rings. The maximum absolute atomic E-state index is 12.1. The first-order chi connectivity index (χ1) is 5.49. The highest BCUT2D eigenvalue weighted by molar-refractivity contribution is 6.61. The lowest BCUT2D eigenvalue weighted by Gasteiger charge is -2.14. The fraction of sp³-hybridized carbons (Fsp3) is 1.00. The molecule has 0 saturated heterocycles. The van der Waals surface area contributed by atoms with Crippen LogP contribution < -0.4 is 0 Å². The zero-order valence-electron chi connectivity index (χ0n) is 7.00. The quantitative estimate of drug-likeness (QED) is 0.454. The van der Waals surface area contributed by atoms with E-state index in [-0.39, 0.29) is 0 Å². The smallest absolute Gasteiger partial charge is 0.449 e. The molecule has 0 radical (unpaired) electrons. The Morgan fingerprint density at radius 2 is 1.46 bits per heavy atom. The monoisotopic (exact) mass is 205 g/mol. The van der Waals surface area contributed by atoms with Gasteiger partial charge in [-0.2, -0.15) is 13.2 Å². The van der Waals surface area contributed by atoms with E-state index in [0.717, 1.165) is 13.8 Å². The Kier molecular flexibility index (Phi) is 1.95. The first kappa shape index (κ1) is 10.7.